The third-order valence-electron chi connectivity index (χ3n) is 1.86. The molecule has 0 amide bonds. The molecule has 0 aliphatic carbocycles. The number of rotatable bonds is 2. The van der Waals surface area contributed by atoms with Crippen LogP contribution in [-0.2, 0) is 4.79 Å². The molecule has 1 rings (SSSR count). The average molecular weight is 234 g/mol. The van der Waals surface area contributed by atoms with Crippen molar-refractivity contribution >= 4 is 22.7 Å². The Morgan fingerprint density at radius 3 is 2.94 bits per heavy atom. The van der Waals surface area contributed by atoms with Crippen LogP contribution in [0.4, 0.5) is 5.82 Å². The molecule has 0 unspecified atom stereocenters. The molecular formula is C12H14N2OS. The molecule has 4 heteroatoms. The Morgan fingerprint density at radius 1 is 1.56 bits per heavy atom. The molecule has 2 N–H and O–H groups in total. The minimum Gasteiger partial charge on any atom is -0.384 e. The van der Waals surface area contributed by atoms with Gasteiger partial charge in [-0.15, -0.1) is 0 Å². The normalized spacial score (nSPS) is 9.38. The summed E-state index contributed by atoms with van der Waals surface area (Å²) in [6.45, 7) is 3.44. The van der Waals surface area contributed by atoms with Gasteiger partial charge in [-0.1, -0.05) is 23.6 Å². The van der Waals surface area contributed by atoms with Gasteiger partial charge in [-0.3, -0.25) is 4.79 Å². The molecular weight excluding hydrogens is 220 g/mol. The number of nitrogens with two attached hydrogens (primary N) is 1. The molecule has 0 aromatic carbocycles. The van der Waals surface area contributed by atoms with Gasteiger partial charge in [0.2, 0.25) is 0 Å². The van der Waals surface area contributed by atoms with Gasteiger partial charge in [0.05, 0.1) is 5.69 Å². The van der Waals surface area contributed by atoms with Crippen LogP contribution >= 0.6 is 11.8 Å². The lowest BCUT2D eigenvalue weighted by molar-refractivity contribution is -0.109. The lowest BCUT2D eigenvalue weighted by Gasteiger charge is -1.97. The number of anilines is 1. The fourth-order valence-electron chi connectivity index (χ4n) is 1.12. The molecule has 0 bridgehead atoms. The summed E-state index contributed by atoms with van der Waals surface area (Å²) in [4.78, 5) is 14.8. The van der Waals surface area contributed by atoms with E-state index in [0.717, 1.165) is 17.0 Å². The Kier molecular flexibility index (Phi) is 4.87. The van der Waals surface area contributed by atoms with Gasteiger partial charge in [0.25, 0.3) is 0 Å². The summed E-state index contributed by atoms with van der Waals surface area (Å²) < 4.78 is 0. The molecule has 0 fully saturated rings. The zero-order chi connectivity index (χ0) is 12.0. The van der Waals surface area contributed by atoms with Crippen LogP contribution in [-0.4, -0.2) is 15.9 Å². The fraction of sp³-hybridized carbons (Fsp3) is 0.333. The highest BCUT2D eigenvalue weighted by atomic mass is 32.2. The highest BCUT2D eigenvalue weighted by Crippen LogP contribution is 2.07. The van der Waals surface area contributed by atoms with Gasteiger partial charge in [-0.05, 0) is 19.1 Å². The minimum absolute atomic E-state index is 0.132. The lowest BCUT2D eigenvalue weighted by atomic mass is 10.2. The fourth-order valence-corrected chi connectivity index (χ4v) is 1.61. The first-order chi connectivity index (χ1) is 7.59. The van der Waals surface area contributed by atoms with E-state index in [-0.39, 0.29) is 5.12 Å². The second-order valence-corrected chi connectivity index (χ2v) is 4.53. The van der Waals surface area contributed by atoms with E-state index in [4.69, 9.17) is 5.73 Å². The quantitative estimate of drug-likeness (QED) is 0.628. The summed E-state index contributed by atoms with van der Waals surface area (Å²) in [5.41, 5.74) is 7.27. The number of nitrogen functional groups attached to an aromatic ring is 1. The van der Waals surface area contributed by atoms with E-state index in [1.807, 2.05) is 13.0 Å². The van der Waals surface area contributed by atoms with Crippen LogP contribution in [0.2, 0.25) is 0 Å². The molecule has 0 spiro atoms. The summed E-state index contributed by atoms with van der Waals surface area (Å²) in [7, 11) is 0. The van der Waals surface area contributed by atoms with Crippen molar-refractivity contribution in [3.63, 3.8) is 0 Å². The second kappa shape index (κ2) is 6.19. The van der Waals surface area contributed by atoms with Crippen LogP contribution in [0.1, 0.15) is 24.6 Å². The Labute approximate surface area is 99.8 Å². The molecule has 0 atom stereocenters. The van der Waals surface area contributed by atoms with Crippen LogP contribution in [0.25, 0.3) is 0 Å². The van der Waals surface area contributed by atoms with Gasteiger partial charge < -0.3 is 5.73 Å². The highest BCUT2D eigenvalue weighted by molar-refractivity contribution is 8.13. The SMILES string of the molecule is CC(=O)SCCC#Cc1ccc(N)nc1C. The van der Waals surface area contributed by atoms with E-state index in [1.54, 1.807) is 13.0 Å². The van der Waals surface area contributed by atoms with Crippen molar-refractivity contribution < 1.29 is 4.79 Å². The first-order valence-electron chi connectivity index (χ1n) is 4.95. The summed E-state index contributed by atoms with van der Waals surface area (Å²) in [5, 5.41) is 0.132. The summed E-state index contributed by atoms with van der Waals surface area (Å²) in [5.74, 6) is 7.28. The first-order valence-corrected chi connectivity index (χ1v) is 5.93. The average Bonchev–Trinajstić information content (AvgIpc) is 2.20. The Bertz CT molecular complexity index is 446. The molecule has 16 heavy (non-hydrogen) atoms. The van der Waals surface area contributed by atoms with Crippen LogP contribution in [0, 0.1) is 18.8 Å². The van der Waals surface area contributed by atoms with Crippen molar-refractivity contribution in [2.45, 2.75) is 20.3 Å². The molecule has 0 aliphatic rings. The maximum Gasteiger partial charge on any atom is 0.185 e. The second-order valence-electron chi connectivity index (χ2n) is 3.26. The van der Waals surface area contributed by atoms with Crippen molar-refractivity contribution in [3.8, 4) is 11.8 Å². The van der Waals surface area contributed by atoms with Crippen LogP contribution in [0.5, 0.6) is 0 Å². The topological polar surface area (TPSA) is 56.0 Å². The molecule has 1 heterocycles. The van der Waals surface area contributed by atoms with Gasteiger partial charge in [0.1, 0.15) is 5.82 Å². The number of pyridine rings is 1. The van der Waals surface area contributed by atoms with E-state index in [0.29, 0.717) is 12.2 Å². The molecule has 0 saturated carbocycles. The molecule has 84 valence electrons. The zero-order valence-electron chi connectivity index (χ0n) is 9.41. The van der Waals surface area contributed by atoms with Gasteiger partial charge in [0.15, 0.2) is 5.12 Å². The van der Waals surface area contributed by atoms with Gasteiger partial charge in [0, 0.05) is 24.7 Å². The van der Waals surface area contributed by atoms with Gasteiger partial charge >= 0.3 is 0 Å². The number of hydrogen-bond acceptors (Lipinski definition) is 4. The summed E-state index contributed by atoms with van der Waals surface area (Å²) in [6.07, 6.45) is 0.702. The van der Waals surface area contributed by atoms with Crippen LogP contribution < -0.4 is 5.73 Å². The predicted molar refractivity (Wildman–Crippen MR) is 68.0 cm³/mol. The third-order valence-corrected chi connectivity index (χ3v) is 2.68. The van der Waals surface area contributed by atoms with E-state index in [1.165, 1.54) is 11.8 Å². The maximum atomic E-state index is 10.7. The summed E-state index contributed by atoms with van der Waals surface area (Å²) in [6, 6.07) is 3.60. The zero-order valence-corrected chi connectivity index (χ0v) is 10.2. The van der Waals surface area contributed by atoms with E-state index in [2.05, 4.69) is 16.8 Å². The van der Waals surface area contributed by atoms with Gasteiger partial charge in [-0.25, -0.2) is 4.98 Å². The Morgan fingerprint density at radius 2 is 2.31 bits per heavy atom. The number of aryl methyl sites for hydroxylation is 1. The standard InChI is InChI=1S/C12H14N2OS/c1-9-11(6-7-12(13)14-9)5-3-4-8-16-10(2)15/h6-7H,4,8H2,1-2H3,(H2,13,14). The van der Waals surface area contributed by atoms with Crippen molar-refractivity contribution in [2.24, 2.45) is 0 Å². The number of nitrogens with zero attached hydrogens (tertiary/aromatic N) is 1. The monoisotopic (exact) mass is 234 g/mol. The number of thioether (sulfide) groups is 1. The predicted octanol–water partition coefficient (Wildman–Crippen LogP) is 1.99. The van der Waals surface area contributed by atoms with E-state index >= 15 is 0 Å². The van der Waals surface area contributed by atoms with E-state index < -0.39 is 0 Å². The third kappa shape index (κ3) is 4.37. The summed E-state index contributed by atoms with van der Waals surface area (Å²) >= 11 is 1.30. The Balaban J connectivity index is 2.53. The molecule has 0 aliphatic heterocycles. The molecule has 1 aromatic heterocycles. The van der Waals surface area contributed by atoms with Crippen LogP contribution in [0.15, 0.2) is 12.1 Å². The van der Waals surface area contributed by atoms with Crippen molar-refractivity contribution in [2.75, 3.05) is 11.5 Å². The molecule has 0 radical (unpaired) electrons. The molecule has 1 aromatic rings. The maximum absolute atomic E-state index is 10.7. The number of aromatic nitrogens is 1. The number of carbonyl (C=O) groups is 1. The van der Waals surface area contributed by atoms with Crippen molar-refractivity contribution in [1.29, 1.82) is 0 Å². The first kappa shape index (κ1) is 12.6. The smallest absolute Gasteiger partial charge is 0.185 e. The van der Waals surface area contributed by atoms with Crippen molar-refractivity contribution in [3.05, 3.63) is 23.4 Å². The highest BCUT2D eigenvalue weighted by Gasteiger charge is 1.96. The van der Waals surface area contributed by atoms with Crippen molar-refractivity contribution in [1.82, 2.24) is 4.98 Å². The van der Waals surface area contributed by atoms with E-state index in [9.17, 15) is 4.79 Å². The minimum atomic E-state index is 0.132. The number of carbonyl (C=O) groups excluding carboxylic acids is 1. The largest absolute Gasteiger partial charge is 0.384 e. The van der Waals surface area contributed by atoms with Crippen LogP contribution in [0.3, 0.4) is 0 Å². The lowest BCUT2D eigenvalue weighted by Crippen LogP contribution is -1.94. The molecule has 3 nitrogen and oxygen atoms in total. The molecule has 0 saturated heterocycles. The van der Waals surface area contributed by atoms with Gasteiger partial charge in [-0.2, -0.15) is 0 Å². The number of hydrogen-bond donors (Lipinski definition) is 1. The Hall–Kier alpha value is -1.47.